The summed E-state index contributed by atoms with van der Waals surface area (Å²) >= 11 is 6.23. The highest BCUT2D eigenvalue weighted by Gasteiger charge is 2.45. The van der Waals surface area contributed by atoms with E-state index in [0.29, 0.717) is 31.6 Å². The number of aromatic nitrogens is 1. The number of halogens is 3. The van der Waals surface area contributed by atoms with Crippen molar-refractivity contribution in [2.45, 2.75) is 62.9 Å². The van der Waals surface area contributed by atoms with Crippen LogP contribution in [0.3, 0.4) is 0 Å². The molecule has 1 aromatic carbocycles. The molecule has 0 bridgehead atoms. The van der Waals surface area contributed by atoms with Gasteiger partial charge in [0.15, 0.2) is 0 Å². The van der Waals surface area contributed by atoms with Crippen molar-refractivity contribution in [3.8, 4) is 0 Å². The van der Waals surface area contributed by atoms with E-state index < -0.39 is 33.6 Å². The van der Waals surface area contributed by atoms with Crippen molar-refractivity contribution in [3.63, 3.8) is 0 Å². The van der Waals surface area contributed by atoms with E-state index in [-0.39, 0.29) is 66.5 Å². The number of hydrogen-bond donors (Lipinski definition) is 0. The van der Waals surface area contributed by atoms with Crippen LogP contribution in [0.4, 0.5) is 25.1 Å². The topological polar surface area (TPSA) is 103 Å². The maximum atomic E-state index is 15.9. The molecule has 3 saturated heterocycles. The van der Waals surface area contributed by atoms with Gasteiger partial charge in [-0.3, -0.25) is 4.79 Å². The fourth-order valence-corrected chi connectivity index (χ4v) is 7.49. The summed E-state index contributed by atoms with van der Waals surface area (Å²) in [6.45, 7) is 6.71. The van der Waals surface area contributed by atoms with Gasteiger partial charge in [-0.25, -0.2) is 27.0 Å². The number of ether oxygens (including phenoxy) is 1. The summed E-state index contributed by atoms with van der Waals surface area (Å²) in [4.78, 5) is 33.7. The predicted molar refractivity (Wildman–Crippen MR) is 163 cm³/mol. The van der Waals surface area contributed by atoms with E-state index in [1.54, 1.807) is 42.7 Å². The van der Waals surface area contributed by atoms with Crippen LogP contribution in [0.1, 0.15) is 52.0 Å². The van der Waals surface area contributed by atoms with Crippen molar-refractivity contribution in [1.82, 2.24) is 14.2 Å². The Morgan fingerprint density at radius 3 is 2.30 bits per heavy atom. The number of anilines is 2. The maximum absolute atomic E-state index is 15.9. The summed E-state index contributed by atoms with van der Waals surface area (Å²) in [6, 6.07) is 8.75. The standard InChI is InChI=1S/C30H38ClF2N5O5S/c1-29(2,3)43-28(40)36-12-4-6-21(20-36)30(32,33)22-18-25(31)34-26(19-22)35-14-16-37(17-15-35)44(41,42)24-10-8-23(9-11-24)38-13-5-7-27(38)39/h8-11,18-19,21H,4-7,12-17,20H2,1-3H3/t21-/m0/s1. The largest absolute Gasteiger partial charge is 0.444 e. The average molecular weight is 654 g/mol. The first-order valence-electron chi connectivity index (χ1n) is 14.8. The fourth-order valence-electron chi connectivity index (χ4n) is 5.86. The number of carbonyl (C=O) groups excluding carboxylic acids is 2. The van der Waals surface area contributed by atoms with E-state index in [1.165, 1.54) is 27.4 Å². The third-order valence-corrected chi connectivity index (χ3v) is 10.3. The molecule has 2 amide bonds. The van der Waals surface area contributed by atoms with Gasteiger partial charge in [-0.1, -0.05) is 11.6 Å². The number of piperidine rings is 1. The number of piperazine rings is 1. The highest BCUT2D eigenvalue weighted by atomic mass is 35.5. The molecule has 3 aliphatic heterocycles. The first kappa shape index (κ1) is 32.4. The Kier molecular flexibility index (Phi) is 9.12. The van der Waals surface area contributed by atoms with Gasteiger partial charge in [-0.15, -0.1) is 0 Å². The Bertz CT molecular complexity index is 1490. The van der Waals surface area contributed by atoms with E-state index >= 15 is 8.78 Å². The van der Waals surface area contributed by atoms with Gasteiger partial charge >= 0.3 is 6.09 Å². The molecule has 4 heterocycles. The minimum absolute atomic E-state index is 0.0220. The second-order valence-corrected chi connectivity index (χ2v) is 14.8. The summed E-state index contributed by atoms with van der Waals surface area (Å²) in [5, 5.41) is -0.0939. The van der Waals surface area contributed by atoms with Crippen LogP contribution in [-0.2, 0) is 25.5 Å². The number of rotatable bonds is 6. The van der Waals surface area contributed by atoms with Crippen LogP contribution in [0.5, 0.6) is 0 Å². The van der Waals surface area contributed by atoms with Crippen LogP contribution >= 0.6 is 11.6 Å². The number of sulfonamides is 1. The van der Waals surface area contributed by atoms with Crippen LogP contribution in [-0.4, -0.2) is 86.0 Å². The van der Waals surface area contributed by atoms with Crippen molar-refractivity contribution >= 4 is 45.1 Å². The molecule has 0 saturated carbocycles. The third-order valence-electron chi connectivity index (χ3n) is 8.17. The fraction of sp³-hybridized carbons (Fsp3) is 0.567. The summed E-state index contributed by atoms with van der Waals surface area (Å²) in [5.41, 5.74) is -0.361. The van der Waals surface area contributed by atoms with Gasteiger partial charge in [-0.2, -0.15) is 4.31 Å². The molecule has 0 N–H and O–H groups in total. The summed E-state index contributed by atoms with van der Waals surface area (Å²) < 4.78 is 65.3. The number of alkyl halides is 2. The second kappa shape index (κ2) is 12.4. The van der Waals surface area contributed by atoms with Gasteiger partial charge in [0.1, 0.15) is 16.6 Å². The third kappa shape index (κ3) is 6.94. The number of nitrogens with zero attached hydrogens (tertiary/aromatic N) is 5. The molecule has 1 atom stereocenters. The molecule has 2 aromatic rings. The van der Waals surface area contributed by atoms with E-state index in [0.717, 1.165) is 12.5 Å². The number of carbonyl (C=O) groups is 2. The molecule has 0 radical (unpaired) electrons. The molecule has 240 valence electrons. The molecular weight excluding hydrogens is 616 g/mol. The first-order chi connectivity index (χ1) is 20.6. The van der Waals surface area contributed by atoms with Gasteiger partial charge in [0, 0.05) is 69.4 Å². The summed E-state index contributed by atoms with van der Waals surface area (Å²) in [5.74, 6) is -4.16. The zero-order chi connectivity index (χ0) is 31.9. The lowest BCUT2D eigenvalue weighted by Gasteiger charge is -2.38. The van der Waals surface area contributed by atoms with E-state index in [4.69, 9.17) is 16.3 Å². The van der Waals surface area contributed by atoms with E-state index in [1.807, 2.05) is 0 Å². The molecule has 3 fully saturated rings. The van der Waals surface area contributed by atoms with Gasteiger partial charge < -0.3 is 19.4 Å². The minimum Gasteiger partial charge on any atom is -0.444 e. The first-order valence-corrected chi connectivity index (χ1v) is 16.7. The lowest BCUT2D eigenvalue weighted by molar-refractivity contribution is -0.117. The van der Waals surface area contributed by atoms with Crippen LogP contribution in [0.15, 0.2) is 41.3 Å². The Morgan fingerprint density at radius 2 is 1.68 bits per heavy atom. The minimum atomic E-state index is -3.81. The number of pyridine rings is 1. The van der Waals surface area contributed by atoms with Gasteiger partial charge in [0.2, 0.25) is 15.9 Å². The number of benzene rings is 1. The Labute approximate surface area is 261 Å². The Hall–Kier alpha value is -3.03. The Morgan fingerprint density at radius 1 is 1.00 bits per heavy atom. The van der Waals surface area contributed by atoms with Crippen LogP contribution in [0.25, 0.3) is 0 Å². The molecule has 0 aliphatic carbocycles. The number of likely N-dealkylation sites (tertiary alicyclic amines) is 1. The molecular formula is C30H38ClF2N5O5S. The van der Waals surface area contributed by atoms with Gasteiger partial charge in [-0.05, 0) is 76.4 Å². The van der Waals surface area contributed by atoms with Crippen LogP contribution < -0.4 is 9.80 Å². The van der Waals surface area contributed by atoms with Crippen molar-refractivity contribution in [3.05, 3.63) is 47.1 Å². The Balaban J connectivity index is 1.25. The van der Waals surface area contributed by atoms with Gasteiger partial charge in [0.25, 0.3) is 5.92 Å². The van der Waals surface area contributed by atoms with E-state index in [2.05, 4.69) is 4.98 Å². The normalized spacial score (nSPS) is 20.7. The second-order valence-electron chi connectivity index (χ2n) is 12.5. The monoisotopic (exact) mass is 653 g/mol. The molecule has 3 aliphatic rings. The average Bonchev–Trinajstić information content (AvgIpc) is 3.42. The smallest absolute Gasteiger partial charge is 0.410 e. The highest BCUT2D eigenvalue weighted by Crippen LogP contribution is 2.42. The summed E-state index contributed by atoms with van der Waals surface area (Å²) in [6.07, 6.45) is 1.29. The van der Waals surface area contributed by atoms with E-state index in [9.17, 15) is 18.0 Å². The summed E-state index contributed by atoms with van der Waals surface area (Å²) in [7, 11) is -3.81. The van der Waals surface area contributed by atoms with Crippen LogP contribution in [0, 0.1) is 5.92 Å². The van der Waals surface area contributed by atoms with Crippen LogP contribution in [0.2, 0.25) is 5.15 Å². The van der Waals surface area contributed by atoms with Crippen molar-refractivity contribution in [2.24, 2.45) is 5.92 Å². The zero-order valence-electron chi connectivity index (χ0n) is 25.1. The molecule has 14 heteroatoms. The number of hydrogen-bond acceptors (Lipinski definition) is 7. The van der Waals surface area contributed by atoms with Crippen molar-refractivity contribution in [1.29, 1.82) is 0 Å². The zero-order valence-corrected chi connectivity index (χ0v) is 26.7. The molecule has 1 aromatic heterocycles. The maximum Gasteiger partial charge on any atom is 0.410 e. The quantitative estimate of drug-likeness (QED) is 0.399. The SMILES string of the molecule is CC(C)(C)OC(=O)N1CCC[C@H](C(F)(F)c2cc(Cl)nc(N3CCN(S(=O)(=O)c4ccc(N5CCCC5=O)cc4)CC3)c2)C1. The highest BCUT2D eigenvalue weighted by molar-refractivity contribution is 7.89. The predicted octanol–water partition coefficient (Wildman–Crippen LogP) is 5.11. The lowest BCUT2D eigenvalue weighted by Crippen LogP contribution is -2.49. The molecule has 0 unspecified atom stereocenters. The molecule has 5 rings (SSSR count). The molecule has 44 heavy (non-hydrogen) atoms. The molecule has 0 spiro atoms. The van der Waals surface area contributed by atoms with Gasteiger partial charge in [0.05, 0.1) is 4.90 Å². The molecule has 10 nitrogen and oxygen atoms in total. The van der Waals surface area contributed by atoms with Crippen molar-refractivity contribution < 1.29 is 31.5 Å². The number of amides is 2. The van der Waals surface area contributed by atoms with Crippen molar-refractivity contribution in [2.75, 3.05) is 55.6 Å². The lowest BCUT2D eigenvalue weighted by atomic mass is 9.88.